The van der Waals surface area contributed by atoms with Crippen LogP contribution in [-0.2, 0) is 9.53 Å². The van der Waals surface area contributed by atoms with Gasteiger partial charge in [-0.1, -0.05) is 25.4 Å². The lowest BCUT2D eigenvalue weighted by atomic mass is 9.92. The summed E-state index contributed by atoms with van der Waals surface area (Å²) >= 11 is 6.02. The van der Waals surface area contributed by atoms with Crippen LogP contribution in [0.25, 0.3) is 0 Å². The van der Waals surface area contributed by atoms with Crippen LogP contribution in [0.1, 0.15) is 41.9 Å². The number of carbonyl (C=O) groups is 2. The summed E-state index contributed by atoms with van der Waals surface area (Å²) in [4.78, 5) is 30.3. The molecule has 0 N–H and O–H groups in total. The number of aryl methyl sites for hydroxylation is 2. The van der Waals surface area contributed by atoms with E-state index < -0.39 is 5.97 Å². The quantitative estimate of drug-likeness (QED) is 0.628. The van der Waals surface area contributed by atoms with Crippen molar-refractivity contribution in [2.24, 2.45) is 11.8 Å². The van der Waals surface area contributed by atoms with Gasteiger partial charge in [-0.15, -0.1) is 0 Å². The molecule has 1 aliphatic heterocycles. The van der Waals surface area contributed by atoms with Crippen LogP contribution in [0, 0.1) is 25.7 Å². The summed E-state index contributed by atoms with van der Waals surface area (Å²) in [5.41, 5.74) is 1.65. The molecule has 0 bridgehead atoms. The Morgan fingerprint density at radius 3 is 2.48 bits per heavy atom. The number of ether oxygens (including phenoxy) is 1. The predicted octanol–water partition coefficient (Wildman–Crippen LogP) is 3.01. The van der Waals surface area contributed by atoms with Crippen LogP contribution >= 0.6 is 11.6 Å². The lowest BCUT2D eigenvalue weighted by molar-refractivity contribution is -0.137. The number of pyridine rings is 1. The maximum atomic E-state index is 12.2. The van der Waals surface area contributed by atoms with Crippen LogP contribution in [0.5, 0.6) is 0 Å². The molecule has 0 spiro atoms. The Labute approximate surface area is 142 Å². The SMILES string of the molecule is Cc1cc(C)c(C(=O)OCC(=O)N2C[C@@H](C)C[C@H](C)C2)c(Cl)n1. The maximum Gasteiger partial charge on any atom is 0.342 e. The molecule has 126 valence electrons. The van der Waals surface area contributed by atoms with Crippen molar-refractivity contribution in [2.75, 3.05) is 19.7 Å². The van der Waals surface area contributed by atoms with E-state index in [2.05, 4.69) is 18.8 Å². The van der Waals surface area contributed by atoms with Crippen molar-refractivity contribution in [1.29, 1.82) is 0 Å². The third-order valence-corrected chi connectivity index (χ3v) is 4.33. The van der Waals surface area contributed by atoms with Crippen molar-refractivity contribution in [3.63, 3.8) is 0 Å². The Kier molecular flexibility index (Phi) is 5.63. The summed E-state index contributed by atoms with van der Waals surface area (Å²) < 4.78 is 5.16. The number of hydrogen-bond acceptors (Lipinski definition) is 4. The molecule has 0 radical (unpaired) electrons. The fraction of sp³-hybridized carbons (Fsp3) is 0.588. The number of amides is 1. The van der Waals surface area contributed by atoms with E-state index in [0.717, 1.165) is 12.1 Å². The molecular formula is C17H23ClN2O3. The molecule has 1 amide bonds. The van der Waals surface area contributed by atoms with E-state index in [-0.39, 0.29) is 23.2 Å². The average Bonchev–Trinajstić information content (AvgIpc) is 2.42. The highest BCUT2D eigenvalue weighted by Gasteiger charge is 2.26. The minimum absolute atomic E-state index is 0.111. The second-order valence-electron chi connectivity index (χ2n) is 6.57. The van der Waals surface area contributed by atoms with Gasteiger partial charge in [-0.05, 0) is 43.7 Å². The molecule has 1 aliphatic rings. The number of rotatable bonds is 3. The fourth-order valence-electron chi connectivity index (χ4n) is 3.19. The normalized spacial score (nSPS) is 21.2. The molecule has 0 aromatic carbocycles. The number of carbonyl (C=O) groups excluding carboxylic acids is 2. The van der Waals surface area contributed by atoms with Gasteiger partial charge in [0.1, 0.15) is 5.15 Å². The van der Waals surface area contributed by atoms with E-state index in [1.165, 1.54) is 0 Å². The molecular weight excluding hydrogens is 316 g/mol. The summed E-state index contributed by atoms with van der Waals surface area (Å²) in [6.07, 6.45) is 1.12. The van der Waals surface area contributed by atoms with E-state index in [1.807, 2.05) is 0 Å². The Morgan fingerprint density at radius 1 is 1.30 bits per heavy atom. The number of nitrogens with zero attached hydrogens (tertiary/aromatic N) is 2. The van der Waals surface area contributed by atoms with Crippen LogP contribution in [0.2, 0.25) is 5.15 Å². The van der Waals surface area contributed by atoms with Gasteiger partial charge in [-0.25, -0.2) is 9.78 Å². The highest BCUT2D eigenvalue weighted by atomic mass is 35.5. The van der Waals surface area contributed by atoms with Crippen molar-refractivity contribution in [1.82, 2.24) is 9.88 Å². The predicted molar refractivity (Wildman–Crippen MR) is 88.5 cm³/mol. The molecule has 6 heteroatoms. The monoisotopic (exact) mass is 338 g/mol. The molecule has 2 atom stereocenters. The Balaban J connectivity index is 1.98. The van der Waals surface area contributed by atoms with Crippen LogP contribution in [0.4, 0.5) is 0 Å². The van der Waals surface area contributed by atoms with Gasteiger partial charge < -0.3 is 9.64 Å². The van der Waals surface area contributed by atoms with Gasteiger partial charge in [0.05, 0.1) is 5.56 Å². The summed E-state index contributed by atoms with van der Waals surface area (Å²) in [6.45, 7) is 9.00. The first-order chi connectivity index (χ1) is 10.8. The van der Waals surface area contributed by atoms with E-state index >= 15 is 0 Å². The first kappa shape index (κ1) is 17.7. The molecule has 5 nitrogen and oxygen atoms in total. The van der Waals surface area contributed by atoms with Crippen molar-refractivity contribution < 1.29 is 14.3 Å². The lowest BCUT2D eigenvalue weighted by Crippen LogP contribution is -2.44. The molecule has 0 unspecified atom stereocenters. The highest BCUT2D eigenvalue weighted by molar-refractivity contribution is 6.32. The van der Waals surface area contributed by atoms with Crippen molar-refractivity contribution >= 4 is 23.5 Å². The van der Waals surface area contributed by atoms with Gasteiger partial charge in [-0.2, -0.15) is 0 Å². The number of piperidine rings is 1. The zero-order valence-electron chi connectivity index (χ0n) is 14.1. The van der Waals surface area contributed by atoms with Crippen LogP contribution in [0.3, 0.4) is 0 Å². The largest absolute Gasteiger partial charge is 0.452 e. The summed E-state index contributed by atoms with van der Waals surface area (Å²) in [7, 11) is 0. The van der Waals surface area contributed by atoms with Gasteiger partial charge in [0.25, 0.3) is 5.91 Å². The number of esters is 1. The number of likely N-dealkylation sites (tertiary alicyclic amines) is 1. The van der Waals surface area contributed by atoms with Crippen molar-refractivity contribution in [2.45, 2.75) is 34.1 Å². The van der Waals surface area contributed by atoms with Crippen LogP contribution in [0.15, 0.2) is 6.07 Å². The Morgan fingerprint density at radius 2 is 1.91 bits per heavy atom. The van der Waals surface area contributed by atoms with Gasteiger partial charge in [0, 0.05) is 18.8 Å². The van der Waals surface area contributed by atoms with Gasteiger partial charge in [0.15, 0.2) is 6.61 Å². The number of halogens is 1. The molecule has 1 saturated heterocycles. The Hall–Kier alpha value is -1.62. The average molecular weight is 339 g/mol. The minimum Gasteiger partial charge on any atom is -0.452 e. The second-order valence-corrected chi connectivity index (χ2v) is 6.93. The standard InChI is InChI=1S/C17H23ClN2O3/c1-10-5-11(2)8-20(7-10)14(21)9-23-17(22)15-12(3)6-13(4)19-16(15)18/h6,10-11H,5,7-9H2,1-4H3/t10-,11-/m0/s1. The third-order valence-electron chi connectivity index (χ3n) is 4.05. The molecule has 0 saturated carbocycles. The molecule has 1 aromatic rings. The van der Waals surface area contributed by atoms with E-state index in [4.69, 9.17) is 16.3 Å². The molecule has 1 fully saturated rings. The zero-order valence-corrected chi connectivity index (χ0v) is 14.8. The van der Waals surface area contributed by atoms with Crippen molar-refractivity contribution in [3.8, 4) is 0 Å². The van der Waals surface area contributed by atoms with E-state index in [0.29, 0.717) is 30.5 Å². The number of aromatic nitrogens is 1. The smallest absolute Gasteiger partial charge is 0.342 e. The highest BCUT2D eigenvalue weighted by Crippen LogP contribution is 2.22. The first-order valence-corrected chi connectivity index (χ1v) is 8.24. The van der Waals surface area contributed by atoms with Gasteiger partial charge in [0.2, 0.25) is 0 Å². The summed E-state index contributed by atoms with van der Waals surface area (Å²) in [5.74, 6) is 0.171. The molecule has 23 heavy (non-hydrogen) atoms. The van der Waals surface area contributed by atoms with E-state index in [9.17, 15) is 9.59 Å². The minimum atomic E-state index is -0.605. The van der Waals surface area contributed by atoms with Crippen LogP contribution < -0.4 is 0 Å². The summed E-state index contributed by atoms with van der Waals surface area (Å²) in [6, 6.07) is 1.76. The second kappa shape index (κ2) is 7.30. The Bertz CT molecular complexity index is 585. The topological polar surface area (TPSA) is 59.5 Å². The lowest BCUT2D eigenvalue weighted by Gasteiger charge is -2.34. The van der Waals surface area contributed by atoms with Crippen molar-refractivity contribution in [3.05, 3.63) is 28.0 Å². The fourth-order valence-corrected chi connectivity index (χ4v) is 3.55. The van der Waals surface area contributed by atoms with Crippen LogP contribution in [-0.4, -0.2) is 41.5 Å². The first-order valence-electron chi connectivity index (χ1n) is 7.86. The molecule has 2 heterocycles. The maximum absolute atomic E-state index is 12.2. The zero-order chi connectivity index (χ0) is 17.1. The number of hydrogen-bond donors (Lipinski definition) is 0. The van der Waals surface area contributed by atoms with Gasteiger partial charge >= 0.3 is 5.97 Å². The van der Waals surface area contributed by atoms with Gasteiger partial charge in [-0.3, -0.25) is 4.79 Å². The van der Waals surface area contributed by atoms with E-state index in [1.54, 1.807) is 24.8 Å². The molecule has 1 aromatic heterocycles. The molecule has 2 rings (SSSR count). The summed E-state index contributed by atoms with van der Waals surface area (Å²) in [5, 5.41) is 0.111. The molecule has 0 aliphatic carbocycles. The third kappa shape index (κ3) is 4.44.